The molecule has 0 spiro atoms. The van der Waals surface area contributed by atoms with Gasteiger partial charge in [-0.25, -0.2) is 0 Å². The van der Waals surface area contributed by atoms with E-state index in [4.69, 9.17) is 0 Å². The van der Waals surface area contributed by atoms with Gasteiger partial charge in [-0.1, -0.05) is 13.0 Å². The standard InChI is InChI=1S/C7H10O/c1-6-3-2-4-7(8)5-6/h2,4,6H,3,5H2,1H3/t6-/m1/s1. The first-order valence-corrected chi connectivity index (χ1v) is 2.98. The van der Waals surface area contributed by atoms with Gasteiger partial charge in [-0.15, -0.1) is 0 Å². The van der Waals surface area contributed by atoms with Crippen molar-refractivity contribution in [3.63, 3.8) is 0 Å². The lowest BCUT2D eigenvalue weighted by molar-refractivity contribution is -0.115. The van der Waals surface area contributed by atoms with Crippen molar-refractivity contribution in [1.29, 1.82) is 0 Å². The second-order valence-corrected chi connectivity index (χ2v) is 2.41. The van der Waals surface area contributed by atoms with Gasteiger partial charge in [-0.2, -0.15) is 0 Å². The summed E-state index contributed by atoms with van der Waals surface area (Å²) in [5, 5.41) is 0. The fourth-order valence-corrected chi connectivity index (χ4v) is 0.927. The molecule has 1 rings (SSSR count). The van der Waals surface area contributed by atoms with Gasteiger partial charge in [-0.05, 0) is 18.4 Å². The first-order chi connectivity index (χ1) is 3.79. The van der Waals surface area contributed by atoms with E-state index in [0.717, 1.165) is 12.8 Å². The van der Waals surface area contributed by atoms with Crippen molar-refractivity contribution >= 4 is 5.78 Å². The Labute approximate surface area is 49.4 Å². The molecule has 8 heavy (non-hydrogen) atoms. The third kappa shape index (κ3) is 1.19. The monoisotopic (exact) mass is 110 g/mol. The van der Waals surface area contributed by atoms with Crippen molar-refractivity contribution in [3.8, 4) is 0 Å². The van der Waals surface area contributed by atoms with Crippen LogP contribution in [0.25, 0.3) is 0 Å². The number of ketones is 1. The van der Waals surface area contributed by atoms with Crippen LogP contribution in [0.1, 0.15) is 19.8 Å². The number of allylic oxidation sites excluding steroid dienone is 2. The van der Waals surface area contributed by atoms with Crippen LogP contribution in [0.5, 0.6) is 0 Å². The third-order valence-corrected chi connectivity index (χ3v) is 1.39. The van der Waals surface area contributed by atoms with Crippen LogP contribution in [0.15, 0.2) is 12.2 Å². The lowest BCUT2D eigenvalue weighted by atomic mass is 9.96. The minimum Gasteiger partial charge on any atom is -0.295 e. The fraction of sp³-hybridized carbons (Fsp3) is 0.571. The molecule has 0 fully saturated rings. The molecule has 0 radical (unpaired) electrons. The highest BCUT2D eigenvalue weighted by Gasteiger charge is 2.08. The lowest BCUT2D eigenvalue weighted by Gasteiger charge is -2.08. The molecule has 1 heteroatoms. The summed E-state index contributed by atoms with van der Waals surface area (Å²) in [6.07, 6.45) is 5.46. The first kappa shape index (κ1) is 5.54. The normalized spacial score (nSPS) is 28.6. The van der Waals surface area contributed by atoms with Crippen LogP contribution >= 0.6 is 0 Å². The van der Waals surface area contributed by atoms with Gasteiger partial charge in [0.25, 0.3) is 0 Å². The zero-order chi connectivity index (χ0) is 5.98. The highest BCUT2D eigenvalue weighted by atomic mass is 16.1. The second kappa shape index (κ2) is 2.12. The molecule has 0 heterocycles. The van der Waals surface area contributed by atoms with E-state index < -0.39 is 0 Å². The fourth-order valence-electron chi connectivity index (χ4n) is 0.927. The van der Waals surface area contributed by atoms with Gasteiger partial charge < -0.3 is 0 Å². The van der Waals surface area contributed by atoms with Crippen LogP contribution < -0.4 is 0 Å². The predicted molar refractivity (Wildman–Crippen MR) is 32.5 cm³/mol. The summed E-state index contributed by atoms with van der Waals surface area (Å²) in [6, 6.07) is 0. The lowest BCUT2D eigenvalue weighted by Crippen LogP contribution is -2.05. The largest absolute Gasteiger partial charge is 0.295 e. The van der Waals surface area contributed by atoms with E-state index in [1.165, 1.54) is 0 Å². The zero-order valence-electron chi connectivity index (χ0n) is 5.05. The predicted octanol–water partition coefficient (Wildman–Crippen LogP) is 1.54. The molecule has 1 nitrogen and oxygen atoms in total. The van der Waals surface area contributed by atoms with E-state index >= 15 is 0 Å². The Morgan fingerprint density at radius 1 is 1.75 bits per heavy atom. The molecule has 0 aromatic heterocycles. The van der Waals surface area contributed by atoms with E-state index in [0.29, 0.717) is 5.92 Å². The smallest absolute Gasteiger partial charge is 0.155 e. The maximum absolute atomic E-state index is 10.6. The molecule has 44 valence electrons. The molecule has 1 aliphatic rings. The molecule has 1 atom stereocenters. The maximum Gasteiger partial charge on any atom is 0.155 e. The van der Waals surface area contributed by atoms with Gasteiger partial charge in [0.1, 0.15) is 0 Å². The minimum atomic E-state index is 0.281. The first-order valence-electron chi connectivity index (χ1n) is 2.98. The van der Waals surface area contributed by atoms with Crippen LogP contribution in [0.2, 0.25) is 0 Å². The van der Waals surface area contributed by atoms with E-state index in [2.05, 4.69) is 6.92 Å². The number of carbonyl (C=O) groups is 1. The average molecular weight is 110 g/mol. The van der Waals surface area contributed by atoms with Crippen molar-refractivity contribution in [2.24, 2.45) is 5.92 Å². The maximum atomic E-state index is 10.6. The van der Waals surface area contributed by atoms with E-state index in [1.54, 1.807) is 6.08 Å². The molecule has 0 amide bonds. The molecule has 0 saturated carbocycles. The Balaban J connectivity index is 2.54. The van der Waals surface area contributed by atoms with Gasteiger partial charge >= 0.3 is 0 Å². The van der Waals surface area contributed by atoms with Crippen molar-refractivity contribution < 1.29 is 4.79 Å². The van der Waals surface area contributed by atoms with Gasteiger partial charge in [0, 0.05) is 6.42 Å². The molecule has 0 aromatic rings. The quantitative estimate of drug-likeness (QED) is 0.462. The Morgan fingerprint density at radius 2 is 2.50 bits per heavy atom. The van der Waals surface area contributed by atoms with Gasteiger partial charge in [-0.3, -0.25) is 4.79 Å². The molecular weight excluding hydrogens is 100 g/mol. The van der Waals surface area contributed by atoms with Crippen molar-refractivity contribution in [1.82, 2.24) is 0 Å². The molecule has 0 bridgehead atoms. The number of hydrogen-bond acceptors (Lipinski definition) is 1. The highest BCUT2D eigenvalue weighted by molar-refractivity contribution is 5.90. The Kier molecular flexibility index (Phi) is 1.47. The highest BCUT2D eigenvalue weighted by Crippen LogP contribution is 2.13. The van der Waals surface area contributed by atoms with Crippen molar-refractivity contribution in [2.75, 3.05) is 0 Å². The molecule has 0 saturated heterocycles. The molecule has 0 N–H and O–H groups in total. The second-order valence-electron chi connectivity index (χ2n) is 2.41. The summed E-state index contributed by atoms with van der Waals surface area (Å²) in [6.45, 7) is 2.10. The zero-order valence-corrected chi connectivity index (χ0v) is 5.05. The Bertz CT molecular complexity index is 124. The number of hydrogen-bond donors (Lipinski definition) is 0. The average Bonchev–Trinajstić information content (AvgIpc) is 1.64. The summed E-state index contributed by atoms with van der Waals surface area (Å²) in [4.78, 5) is 10.6. The third-order valence-electron chi connectivity index (χ3n) is 1.39. The van der Waals surface area contributed by atoms with Gasteiger partial charge in [0.15, 0.2) is 5.78 Å². The van der Waals surface area contributed by atoms with Crippen molar-refractivity contribution in [3.05, 3.63) is 12.2 Å². The number of carbonyl (C=O) groups excluding carboxylic acids is 1. The molecule has 1 aliphatic carbocycles. The summed E-state index contributed by atoms with van der Waals surface area (Å²) in [5.41, 5.74) is 0. The summed E-state index contributed by atoms with van der Waals surface area (Å²) < 4.78 is 0. The molecule has 0 aromatic carbocycles. The molecule has 0 unspecified atom stereocenters. The molecular formula is C7H10O. The van der Waals surface area contributed by atoms with Gasteiger partial charge in [0.2, 0.25) is 0 Å². The summed E-state index contributed by atoms with van der Waals surface area (Å²) in [7, 11) is 0. The number of rotatable bonds is 0. The van der Waals surface area contributed by atoms with Crippen LogP contribution in [0.3, 0.4) is 0 Å². The van der Waals surface area contributed by atoms with Crippen LogP contribution in [-0.4, -0.2) is 5.78 Å². The topological polar surface area (TPSA) is 17.1 Å². The van der Waals surface area contributed by atoms with E-state index in [1.807, 2.05) is 6.08 Å². The van der Waals surface area contributed by atoms with E-state index in [-0.39, 0.29) is 5.78 Å². The summed E-state index contributed by atoms with van der Waals surface area (Å²) >= 11 is 0. The Morgan fingerprint density at radius 3 is 2.88 bits per heavy atom. The van der Waals surface area contributed by atoms with Crippen molar-refractivity contribution in [2.45, 2.75) is 19.8 Å². The summed E-state index contributed by atoms with van der Waals surface area (Å²) in [5.74, 6) is 0.858. The van der Waals surface area contributed by atoms with Crippen LogP contribution in [0.4, 0.5) is 0 Å². The SMILES string of the molecule is C[C@@H]1CC=CC(=O)C1. The van der Waals surface area contributed by atoms with Gasteiger partial charge in [0.05, 0.1) is 0 Å². The molecule has 0 aliphatic heterocycles. The minimum absolute atomic E-state index is 0.281. The van der Waals surface area contributed by atoms with E-state index in [9.17, 15) is 4.79 Å². The van der Waals surface area contributed by atoms with Crippen LogP contribution in [-0.2, 0) is 4.79 Å². The Hall–Kier alpha value is -0.590. The van der Waals surface area contributed by atoms with Crippen LogP contribution in [0, 0.1) is 5.92 Å².